The standard InChI is InChI=1S/C27H30N8O5S3/c1-18-30-32-26(42-18)29-24(36)17-41-27-33-31-23(35(27)21-8-4-5-9-22(21)40-2)16-28-25(37)19-10-12-20(13-11-19)43(38,39)34-14-6-3-7-15-34/h4-5,8-13H,3,6-7,14-17H2,1-2H3,(H,28,37)(H,29,32,36). The highest BCUT2D eigenvalue weighted by molar-refractivity contribution is 7.99. The SMILES string of the molecule is COc1ccccc1-n1c(CNC(=O)c2ccc(S(=O)(=O)N3CCCCC3)cc2)nnc1SCC(=O)Nc1nnc(C)s1. The van der Waals surface area contributed by atoms with Crippen LogP contribution in [0.1, 0.15) is 40.5 Å². The van der Waals surface area contributed by atoms with Crippen LogP contribution in [-0.2, 0) is 21.4 Å². The van der Waals surface area contributed by atoms with Gasteiger partial charge in [-0.05, 0) is 56.2 Å². The summed E-state index contributed by atoms with van der Waals surface area (Å²) in [6, 6.07) is 13.2. The predicted octanol–water partition coefficient (Wildman–Crippen LogP) is 3.27. The van der Waals surface area contributed by atoms with Crippen molar-refractivity contribution < 1.29 is 22.7 Å². The van der Waals surface area contributed by atoms with E-state index in [2.05, 4.69) is 31.0 Å². The second-order valence-electron chi connectivity index (χ2n) is 9.54. The molecule has 2 aromatic heterocycles. The van der Waals surface area contributed by atoms with Crippen LogP contribution < -0.4 is 15.4 Å². The molecule has 0 radical (unpaired) electrons. The van der Waals surface area contributed by atoms with E-state index in [1.807, 2.05) is 18.2 Å². The van der Waals surface area contributed by atoms with Crippen LogP contribution in [0.4, 0.5) is 5.13 Å². The monoisotopic (exact) mass is 642 g/mol. The number of ether oxygens (including phenoxy) is 1. The maximum absolute atomic E-state index is 13.0. The molecular formula is C27H30N8O5S3. The Kier molecular flexibility index (Phi) is 9.69. The van der Waals surface area contributed by atoms with Crippen LogP contribution in [0.3, 0.4) is 0 Å². The Morgan fingerprint density at radius 3 is 2.44 bits per heavy atom. The van der Waals surface area contributed by atoms with E-state index in [0.29, 0.717) is 46.2 Å². The molecule has 0 bridgehead atoms. The molecule has 1 aliphatic heterocycles. The second kappa shape index (κ2) is 13.6. The zero-order chi connectivity index (χ0) is 30.4. The van der Waals surface area contributed by atoms with E-state index in [1.54, 1.807) is 24.7 Å². The summed E-state index contributed by atoms with van der Waals surface area (Å²) >= 11 is 2.44. The number of sulfonamides is 1. The zero-order valence-corrected chi connectivity index (χ0v) is 26.0. The Balaban J connectivity index is 1.30. The molecule has 13 nitrogen and oxygen atoms in total. The number of methoxy groups -OCH3 is 1. The number of aryl methyl sites for hydroxylation is 1. The lowest BCUT2D eigenvalue weighted by Gasteiger charge is -2.25. The van der Waals surface area contributed by atoms with Gasteiger partial charge in [0.25, 0.3) is 5.91 Å². The molecule has 4 aromatic rings. The number of benzene rings is 2. The van der Waals surface area contributed by atoms with Crippen molar-refractivity contribution >= 4 is 50.1 Å². The summed E-state index contributed by atoms with van der Waals surface area (Å²) in [7, 11) is -2.05. The lowest BCUT2D eigenvalue weighted by molar-refractivity contribution is -0.113. The van der Waals surface area contributed by atoms with E-state index < -0.39 is 15.9 Å². The largest absolute Gasteiger partial charge is 0.495 e. The maximum atomic E-state index is 13.0. The molecule has 0 unspecified atom stereocenters. The molecule has 3 heterocycles. The highest BCUT2D eigenvalue weighted by atomic mass is 32.2. The predicted molar refractivity (Wildman–Crippen MR) is 162 cm³/mol. The number of piperidine rings is 1. The van der Waals surface area contributed by atoms with Crippen LogP contribution in [0.5, 0.6) is 5.75 Å². The van der Waals surface area contributed by atoms with Gasteiger partial charge in [-0.1, -0.05) is 41.7 Å². The Morgan fingerprint density at radius 1 is 1.00 bits per heavy atom. The number of carbonyl (C=O) groups is 2. The number of hydrogen-bond acceptors (Lipinski definition) is 11. The third kappa shape index (κ3) is 7.21. The Labute approximate surface area is 257 Å². The molecule has 226 valence electrons. The third-order valence-corrected chi connectivity index (χ3v) is 10.2. The second-order valence-corrected chi connectivity index (χ2v) is 13.6. The molecule has 43 heavy (non-hydrogen) atoms. The smallest absolute Gasteiger partial charge is 0.251 e. The van der Waals surface area contributed by atoms with Crippen LogP contribution in [-0.4, -0.2) is 75.5 Å². The van der Waals surface area contributed by atoms with Crippen LogP contribution in [0.15, 0.2) is 58.6 Å². The molecule has 0 aliphatic carbocycles. The van der Waals surface area contributed by atoms with Crippen molar-refractivity contribution in [1.29, 1.82) is 0 Å². The molecule has 0 atom stereocenters. The number of rotatable bonds is 11. The first-order chi connectivity index (χ1) is 20.8. The number of para-hydroxylation sites is 2. The number of nitrogens with zero attached hydrogens (tertiary/aromatic N) is 6. The Morgan fingerprint density at radius 2 is 1.74 bits per heavy atom. The summed E-state index contributed by atoms with van der Waals surface area (Å²) in [6.45, 7) is 2.82. The van der Waals surface area contributed by atoms with Crippen molar-refractivity contribution in [3.8, 4) is 11.4 Å². The van der Waals surface area contributed by atoms with Gasteiger partial charge in [-0.25, -0.2) is 8.42 Å². The molecule has 2 amide bonds. The summed E-state index contributed by atoms with van der Waals surface area (Å²) in [5.41, 5.74) is 0.938. The van der Waals surface area contributed by atoms with Gasteiger partial charge >= 0.3 is 0 Å². The van der Waals surface area contributed by atoms with E-state index in [-0.39, 0.29) is 23.1 Å². The summed E-state index contributed by atoms with van der Waals surface area (Å²) in [5, 5.41) is 23.5. The van der Waals surface area contributed by atoms with Gasteiger partial charge in [-0.3, -0.25) is 19.5 Å². The van der Waals surface area contributed by atoms with Gasteiger partial charge in [0.05, 0.1) is 30.0 Å². The van der Waals surface area contributed by atoms with E-state index in [0.717, 1.165) is 24.3 Å². The van der Waals surface area contributed by atoms with E-state index >= 15 is 0 Å². The van der Waals surface area contributed by atoms with Gasteiger partial charge < -0.3 is 10.1 Å². The normalized spacial score (nSPS) is 13.9. The average molecular weight is 643 g/mol. The lowest BCUT2D eigenvalue weighted by atomic mass is 10.2. The molecule has 1 aliphatic rings. The minimum Gasteiger partial charge on any atom is -0.495 e. The number of aromatic nitrogens is 5. The van der Waals surface area contributed by atoms with Crippen molar-refractivity contribution in [3.05, 3.63) is 64.9 Å². The molecular weight excluding hydrogens is 613 g/mol. The molecule has 1 saturated heterocycles. The van der Waals surface area contributed by atoms with Crippen LogP contribution in [0.2, 0.25) is 0 Å². The topological polar surface area (TPSA) is 161 Å². The van der Waals surface area contributed by atoms with Gasteiger partial charge in [-0.2, -0.15) is 4.31 Å². The van der Waals surface area contributed by atoms with E-state index in [9.17, 15) is 18.0 Å². The first kappa shape index (κ1) is 30.6. The van der Waals surface area contributed by atoms with Crippen molar-refractivity contribution in [1.82, 2.24) is 34.6 Å². The fourth-order valence-corrected chi connectivity index (χ4v) is 7.38. The molecule has 16 heteroatoms. The Bertz CT molecular complexity index is 1700. The molecule has 1 fully saturated rings. The number of hydrogen-bond donors (Lipinski definition) is 2. The summed E-state index contributed by atoms with van der Waals surface area (Å²) < 4.78 is 34.7. The number of nitrogens with one attached hydrogen (secondary N) is 2. The number of anilines is 1. The third-order valence-electron chi connectivity index (χ3n) is 6.61. The minimum atomic E-state index is -3.60. The number of thioether (sulfide) groups is 1. The highest BCUT2D eigenvalue weighted by Crippen LogP contribution is 2.29. The molecule has 2 N–H and O–H groups in total. The van der Waals surface area contributed by atoms with Gasteiger partial charge in [0.15, 0.2) is 11.0 Å². The van der Waals surface area contributed by atoms with E-state index in [4.69, 9.17) is 4.74 Å². The average Bonchev–Trinajstić information content (AvgIpc) is 3.64. The number of carbonyl (C=O) groups excluding carboxylic acids is 2. The molecule has 0 spiro atoms. The van der Waals surface area contributed by atoms with Crippen LogP contribution >= 0.6 is 23.1 Å². The number of amides is 2. The quantitative estimate of drug-likeness (QED) is 0.232. The first-order valence-corrected chi connectivity index (χ1v) is 16.7. The first-order valence-electron chi connectivity index (χ1n) is 13.4. The maximum Gasteiger partial charge on any atom is 0.251 e. The fourth-order valence-electron chi connectivity index (χ4n) is 4.49. The van der Waals surface area contributed by atoms with Crippen LogP contribution in [0, 0.1) is 6.92 Å². The lowest BCUT2D eigenvalue weighted by Crippen LogP contribution is -2.35. The summed E-state index contributed by atoms with van der Waals surface area (Å²) in [5.74, 6) is 0.305. The van der Waals surface area contributed by atoms with Gasteiger partial charge in [0.1, 0.15) is 10.8 Å². The van der Waals surface area contributed by atoms with Crippen molar-refractivity contribution in [2.45, 2.75) is 42.8 Å². The molecule has 2 aromatic carbocycles. The van der Waals surface area contributed by atoms with Crippen molar-refractivity contribution in [2.75, 3.05) is 31.3 Å². The zero-order valence-electron chi connectivity index (χ0n) is 23.5. The van der Waals surface area contributed by atoms with Gasteiger partial charge in [0.2, 0.25) is 21.1 Å². The minimum absolute atomic E-state index is 0.00846. The molecule has 5 rings (SSSR count). The van der Waals surface area contributed by atoms with Gasteiger partial charge in [-0.15, -0.1) is 20.4 Å². The fraction of sp³-hybridized carbons (Fsp3) is 0.333. The highest BCUT2D eigenvalue weighted by Gasteiger charge is 2.26. The van der Waals surface area contributed by atoms with E-state index in [1.165, 1.54) is 51.7 Å². The van der Waals surface area contributed by atoms with Crippen molar-refractivity contribution in [3.63, 3.8) is 0 Å². The summed E-state index contributed by atoms with van der Waals surface area (Å²) in [6.07, 6.45) is 2.71. The summed E-state index contributed by atoms with van der Waals surface area (Å²) in [4.78, 5) is 25.7. The molecule has 0 saturated carbocycles. The van der Waals surface area contributed by atoms with Gasteiger partial charge in [0, 0.05) is 18.7 Å². The Hall–Kier alpha value is -3.86. The van der Waals surface area contributed by atoms with Crippen molar-refractivity contribution in [2.24, 2.45) is 0 Å². The van der Waals surface area contributed by atoms with Crippen LogP contribution in [0.25, 0.3) is 5.69 Å².